The lowest BCUT2D eigenvalue weighted by molar-refractivity contribution is 0.660. The van der Waals surface area contributed by atoms with Crippen LogP contribution in [-0.2, 0) is 10.8 Å². The summed E-state index contributed by atoms with van der Waals surface area (Å²) in [6, 6.07) is 86.2. The molecule has 0 atom stereocenters. The van der Waals surface area contributed by atoms with Gasteiger partial charge in [0.25, 0.3) is 0 Å². The Labute approximate surface area is 385 Å². The summed E-state index contributed by atoms with van der Waals surface area (Å²) in [6.07, 6.45) is 0. The molecule has 3 aliphatic rings. The molecular formula is C64H44N2. The van der Waals surface area contributed by atoms with Crippen molar-refractivity contribution in [1.82, 2.24) is 4.57 Å². The van der Waals surface area contributed by atoms with Gasteiger partial charge in [-0.05, 0) is 115 Å². The quantitative estimate of drug-likeness (QED) is 0.168. The highest BCUT2D eigenvalue weighted by molar-refractivity contribution is 6.16. The molecule has 0 aliphatic heterocycles. The van der Waals surface area contributed by atoms with E-state index < -0.39 is 5.41 Å². The Morgan fingerprint density at radius 3 is 1.52 bits per heavy atom. The number of benzene rings is 10. The zero-order valence-corrected chi connectivity index (χ0v) is 36.8. The minimum atomic E-state index is -0.502. The Morgan fingerprint density at radius 1 is 0.364 bits per heavy atom. The number of anilines is 3. The maximum atomic E-state index is 2.56. The van der Waals surface area contributed by atoms with Gasteiger partial charge in [-0.25, -0.2) is 0 Å². The Balaban J connectivity index is 1.08. The number of aromatic nitrogens is 1. The van der Waals surface area contributed by atoms with Crippen LogP contribution in [0.3, 0.4) is 0 Å². The van der Waals surface area contributed by atoms with E-state index in [0.29, 0.717) is 0 Å². The number of hydrogen-bond donors (Lipinski definition) is 0. The lowest BCUT2D eigenvalue weighted by Crippen LogP contribution is -2.26. The van der Waals surface area contributed by atoms with Crippen LogP contribution in [0.4, 0.5) is 17.1 Å². The Bertz CT molecular complexity index is 3730. The molecule has 2 nitrogen and oxygen atoms in total. The lowest BCUT2D eigenvalue weighted by atomic mass is 9.70. The van der Waals surface area contributed by atoms with Gasteiger partial charge in [0.2, 0.25) is 0 Å². The van der Waals surface area contributed by atoms with E-state index in [1.165, 1.54) is 99.7 Å². The number of rotatable bonds is 5. The average molecular weight is 841 g/mol. The maximum Gasteiger partial charge on any atom is 0.0746 e. The predicted octanol–water partition coefficient (Wildman–Crippen LogP) is 16.6. The van der Waals surface area contributed by atoms with Crippen LogP contribution in [0.1, 0.15) is 47.2 Å². The van der Waals surface area contributed by atoms with Gasteiger partial charge in [-0.1, -0.05) is 196 Å². The largest absolute Gasteiger partial charge is 0.310 e. The highest BCUT2D eigenvalue weighted by Crippen LogP contribution is 2.65. The highest BCUT2D eigenvalue weighted by Gasteiger charge is 2.53. The van der Waals surface area contributed by atoms with Gasteiger partial charge in [0.05, 0.1) is 22.1 Å². The number of nitrogens with zero attached hydrogens (tertiary/aromatic N) is 2. The minimum Gasteiger partial charge on any atom is -0.310 e. The molecule has 0 fully saturated rings. The van der Waals surface area contributed by atoms with Crippen LogP contribution in [0.5, 0.6) is 0 Å². The first kappa shape index (κ1) is 37.2. The Kier molecular flexibility index (Phi) is 7.70. The topological polar surface area (TPSA) is 8.17 Å². The SMILES string of the molecule is CC1(C)c2ccccc2-c2ccc(N(c3ccc4c(c3)c3ccc5c(c3n4-c3ccccc3)C3(c4ccccc4-c4ccccc43)c3ccccc3-5)c3ccccc3-c3ccccc3)cc21. The highest BCUT2D eigenvalue weighted by atomic mass is 15.1. The summed E-state index contributed by atoms with van der Waals surface area (Å²) in [5.41, 5.74) is 24.7. The van der Waals surface area contributed by atoms with E-state index >= 15 is 0 Å². The van der Waals surface area contributed by atoms with Crippen LogP contribution in [0.2, 0.25) is 0 Å². The van der Waals surface area contributed by atoms with Crippen molar-refractivity contribution in [3.05, 3.63) is 264 Å². The Hall–Kier alpha value is -8.20. The van der Waals surface area contributed by atoms with Gasteiger partial charge in [-0.3, -0.25) is 0 Å². The molecule has 10 aromatic carbocycles. The summed E-state index contributed by atoms with van der Waals surface area (Å²) in [5.74, 6) is 0. The van der Waals surface area contributed by atoms with Gasteiger partial charge in [-0.2, -0.15) is 0 Å². The predicted molar refractivity (Wildman–Crippen MR) is 275 cm³/mol. The van der Waals surface area contributed by atoms with Crippen molar-refractivity contribution in [3.8, 4) is 50.2 Å². The molecule has 0 unspecified atom stereocenters. The van der Waals surface area contributed by atoms with Crippen molar-refractivity contribution in [3.63, 3.8) is 0 Å². The van der Waals surface area contributed by atoms with Crippen LogP contribution in [0.25, 0.3) is 72.0 Å². The fraction of sp³-hybridized carbons (Fsp3) is 0.0625. The molecule has 66 heavy (non-hydrogen) atoms. The molecule has 310 valence electrons. The summed E-state index contributed by atoms with van der Waals surface area (Å²) in [4.78, 5) is 2.50. The Morgan fingerprint density at radius 2 is 0.848 bits per heavy atom. The molecule has 0 saturated heterocycles. The summed E-state index contributed by atoms with van der Waals surface area (Å²) in [7, 11) is 0. The normalized spacial score (nSPS) is 14.2. The summed E-state index contributed by atoms with van der Waals surface area (Å²) < 4.78 is 2.56. The molecule has 11 aromatic rings. The first-order chi connectivity index (χ1) is 32.5. The smallest absolute Gasteiger partial charge is 0.0746 e. The van der Waals surface area contributed by atoms with E-state index in [-0.39, 0.29) is 5.41 Å². The zero-order valence-electron chi connectivity index (χ0n) is 36.8. The summed E-state index contributed by atoms with van der Waals surface area (Å²) in [5, 5.41) is 2.46. The average Bonchev–Trinajstić information content (AvgIpc) is 4.05. The van der Waals surface area contributed by atoms with Crippen LogP contribution in [-0.4, -0.2) is 4.57 Å². The number of fused-ring (bicyclic) bond motifs is 17. The maximum absolute atomic E-state index is 2.56. The number of hydrogen-bond acceptors (Lipinski definition) is 1. The van der Waals surface area contributed by atoms with Gasteiger partial charge in [-0.15, -0.1) is 0 Å². The van der Waals surface area contributed by atoms with Crippen molar-refractivity contribution >= 4 is 38.9 Å². The van der Waals surface area contributed by atoms with E-state index in [4.69, 9.17) is 0 Å². The fourth-order valence-corrected chi connectivity index (χ4v) is 12.4. The minimum absolute atomic E-state index is 0.148. The van der Waals surface area contributed by atoms with Gasteiger partial charge in [0, 0.05) is 44.4 Å². The molecular weight excluding hydrogens is 797 g/mol. The van der Waals surface area contributed by atoms with Crippen molar-refractivity contribution in [2.45, 2.75) is 24.7 Å². The van der Waals surface area contributed by atoms with E-state index in [0.717, 1.165) is 22.7 Å². The van der Waals surface area contributed by atoms with Crippen LogP contribution >= 0.6 is 0 Å². The van der Waals surface area contributed by atoms with E-state index in [1.54, 1.807) is 0 Å². The van der Waals surface area contributed by atoms with E-state index in [2.05, 4.69) is 254 Å². The summed E-state index contributed by atoms with van der Waals surface area (Å²) >= 11 is 0. The molecule has 1 aromatic heterocycles. The van der Waals surface area contributed by atoms with Crippen LogP contribution in [0, 0.1) is 0 Å². The molecule has 1 spiro atoms. The third kappa shape index (κ3) is 4.85. The molecule has 0 N–H and O–H groups in total. The van der Waals surface area contributed by atoms with Crippen molar-refractivity contribution in [2.24, 2.45) is 0 Å². The number of para-hydroxylation sites is 2. The molecule has 3 aliphatic carbocycles. The monoisotopic (exact) mass is 840 g/mol. The van der Waals surface area contributed by atoms with Gasteiger partial charge < -0.3 is 9.47 Å². The van der Waals surface area contributed by atoms with Gasteiger partial charge in [0.15, 0.2) is 0 Å². The standard InChI is InChI=1S/C64H44N2/c1-63(2)54-28-14-9-24-46(54)50-35-33-44(40-58(50)63)65(59-32-18-13-23-45(59)41-19-5-3-6-20-41)43-34-38-60-53(39-43)52-37-36-51-49-27-12-17-31-57(49)64(61(51)62(52)66(60)42-21-7-4-8-22-42)55-29-15-10-25-47(55)48-26-11-16-30-56(48)64/h3-40H,1-2H3. The van der Waals surface area contributed by atoms with Gasteiger partial charge >= 0.3 is 0 Å². The van der Waals surface area contributed by atoms with Crippen molar-refractivity contribution < 1.29 is 0 Å². The molecule has 0 bridgehead atoms. The third-order valence-corrected chi connectivity index (χ3v) is 15.2. The second-order valence-corrected chi connectivity index (χ2v) is 18.8. The van der Waals surface area contributed by atoms with Crippen molar-refractivity contribution in [1.29, 1.82) is 0 Å². The molecule has 0 amide bonds. The van der Waals surface area contributed by atoms with Crippen molar-refractivity contribution in [2.75, 3.05) is 4.90 Å². The molecule has 14 rings (SSSR count). The van der Waals surface area contributed by atoms with Crippen LogP contribution in [0.15, 0.2) is 231 Å². The van der Waals surface area contributed by atoms with E-state index in [9.17, 15) is 0 Å². The molecule has 0 radical (unpaired) electrons. The van der Waals surface area contributed by atoms with E-state index in [1.807, 2.05) is 0 Å². The first-order valence-corrected chi connectivity index (χ1v) is 23.2. The second kappa shape index (κ2) is 13.7. The molecule has 0 saturated carbocycles. The molecule has 2 heteroatoms. The molecule has 1 heterocycles. The lowest BCUT2D eigenvalue weighted by Gasteiger charge is -2.31. The first-order valence-electron chi connectivity index (χ1n) is 23.2. The zero-order chi connectivity index (χ0) is 43.7. The van der Waals surface area contributed by atoms with Gasteiger partial charge in [0.1, 0.15) is 0 Å². The third-order valence-electron chi connectivity index (χ3n) is 15.2. The summed E-state index contributed by atoms with van der Waals surface area (Å²) in [6.45, 7) is 4.75. The van der Waals surface area contributed by atoms with Crippen LogP contribution < -0.4 is 4.90 Å². The fourth-order valence-electron chi connectivity index (χ4n) is 12.4. The second-order valence-electron chi connectivity index (χ2n) is 18.8.